The van der Waals surface area contributed by atoms with Gasteiger partial charge in [-0.05, 0) is 41.7 Å². The predicted molar refractivity (Wildman–Crippen MR) is 116 cm³/mol. The van der Waals surface area contributed by atoms with Gasteiger partial charge < -0.3 is 10.1 Å². The van der Waals surface area contributed by atoms with Crippen LogP contribution in [0.2, 0.25) is 0 Å². The number of imide groups is 1. The molecular formula is C24H26N2O5. The van der Waals surface area contributed by atoms with Gasteiger partial charge in [-0.1, -0.05) is 45.0 Å². The summed E-state index contributed by atoms with van der Waals surface area (Å²) in [5.41, 5.74) is 2.55. The molecule has 0 bridgehead atoms. The third kappa shape index (κ3) is 5.36. The number of carbonyl (C=O) groups excluding carboxylic acids is 4. The predicted octanol–water partition coefficient (Wildman–Crippen LogP) is 3.54. The molecule has 0 spiro atoms. The average Bonchev–Trinajstić information content (AvgIpc) is 2.97. The number of benzene rings is 2. The van der Waals surface area contributed by atoms with Crippen LogP contribution in [0.25, 0.3) is 0 Å². The number of hydrogen-bond donors (Lipinski definition) is 1. The highest BCUT2D eigenvalue weighted by Gasteiger charge is 2.34. The third-order valence-electron chi connectivity index (χ3n) is 5.04. The van der Waals surface area contributed by atoms with Gasteiger partial charge in [-0.25, -0.2) is 0 Å². The highest BCUT2D eigenvalue weighted by Crippen LogP contribution is 2.24. The van der Waals surface area contributed by atoms with Crippen molar-refractivity contribution in [1.82, 2.24) is 4.90 Å². The van der Waals surface area contributed by atoms with Gasteiger partial charge in [0.05, 0.1) is 11.1 Å². The van der Waals surface area contributed by atoms with E-state index in [1.54, 1.807) is 24.3 Å². The second kappa shape index (κ2) is 9.12. The summed E-state index contributed by atoms with van der Waals surface area (Å²) in [6.45, 7) is 6.04. The summed E-state index contributed by atoms with van der Waals surface area (Å²) in [6.07, 6.45) is 0.265. The Balaban J connectivity index is 1.39. The lowest BCUT2D eigenvalue weighted by Crippen LogP contribution is -2.31. The summed E-state index contributed by atoms with van der Waals surface area (Å²) in [4.78, 5) is 49.6. The Bertz CT molecular complexity index is 970. The summed E-state index contributed by atoms with van der Waals surface area (Å²) in [7, 11) is 0. The summed E-state index contributed by atoms with van der Waals surface area (Å²) in [6, 6.07) is 14.1. The maximum absolute atomic E-state index is 12.3. The summed E-state index contributed by atoms with van der Waals surface area (Å²) in [5.74, 6) is -1.70. The van der Waals surface area contributed by atoms with Crippen LogP contribution in [0.1, 0.15) is 59.9 Å². The molecule has 162 valence electrons. The van der Waals surface area contributed by atoms with Gasteiger partial charge in [0.15, 0.2) is 6.61 Å². The topological polar surface area (TPSA) is 92.8 Å². The number of ether oxygens (including phenoxy) is 1. The van der Waals surface area contributed by atoms with Gasteiger partial charge in [-0.2, -0.15) is 0 Å². The number of nitrogens with one attached hydrogen (secondary N) is 1. The van der Waals surface area contributed by atoms with Crippen molar-refractivity contribution < 1.29 is 23.9 Å². The van der Waals surface area contributed by atoms with Gasteiger partial charge in [-0.3, -0.25) is 24.1 Å². The second-order valence-corrected chi connectivity index (χ2v) is 8.45. The minimum Gasteiger partial charge on any atom is -0.456 e. The number of amides is 3. The van der Waals surface area contributed by atoms with Crippen molar-refractivity contribution in [1.29, 1.82) is 0 Å². The van der Waals surface area contributed by atoms with E-state index in [1.165, 1.54) is 0 Å². The minimum atomic E-state index is -0.560. The van der Waals surface area contributed by atoms with E-state index in [-0.39, 0.29) is 36.6 Å². The van der Waals surface area contributed by atoms with Crippen LogP contribution in [-0.2, 0) is 19.7 Å². The lowest BCUT2D eigenvalue weighted by Gasteiger charge is -2.19. The smallest absolute Gasteiger partial charge is 0.306 e. The molecule has 2 aromatic rings. The molecule has 0 saturated heterocycles. The molecule has 0 unspecified atom stereocenters. The zero-order chi connectivity index (χ0) is 22.6. The minimum absolute atomic E-state index is 0.000957. The van der Waals surface area contributed by atoms with E-state index in [0.29, 0.717) is 16.8 Å². The number of hydrogen-bond acceptors (Lipinski definition) is 5. The Kier molecular flexibility index (Phi) is 6.53. The zero-order valence-electron chi connectivity index (χ0n) is 17.9. The first-order valence-corrected chi connectivity index (χ1v) is 10.2. The molecule has 0 atom stereocenters. The zero-order valence-corrected chi connectivity index (χ0v) is 17.9. The van der Waals surface area contributed by atoms with E-state index in [0.717, 1.165) is 10.5 Å². The van der Waals surface area contributed by atoms with Gasteiger partial charge in [0.1, 0.15) is 0 Å². The Morgan fingerprint density at radius 3 is 2.06 bits per heavy atom. The number of fused-ring (bicyclic) bond motifs is 1. The van der Waals surface area contributed by atoms with Crippen LogP contribution >= 0.6 is 0 Å². The summed E-state index contributed by atoms with van der Waals surface area (Å²) < 4.78 is 4.99. The number of anilines is 1. The van der Waals surface area contributed by atoms with Crippen LogP contribution in [0.5, 0.6) is 0 Å². The number of esters is 1. The van der Waals surface area contributed by atoms with E-state index in [4.69, 9.17) is 4.74 Å². The van der Waals surface area contributed by atoms with E-state index in [2.05, 4.69) is 26.1 Å². The largest absolute Gasteiger partial charge is 0.456 e. The fourth-order valence-electron chi connectivity index (χ4n) is 3.29. The molecule has 0 saturated carbocycles. The molecule has 31 heavy (non-hydrogen) atoms. The number of carbonyl (C=O) groups is 4. The molecule has 1 heterocycles. The molecule has 0 aromatic heterocycles. The molecule has 0 radical (unpaired) electrons. The van der Waals surface area contributed by atoms with Crippen molar-refractivity contribution in [3.63, 3.8) is 0 Å². The normalized spacial score (nSPS) is 13.2. The van der Waals surface area contributed by atoms with Crippen LogP contribution in [0.3, 0.4) is 0 Å². The summed E-state index contributed by atoms with van der Waals surface area (Å²) >= 11 is 0. The first kappa shape index (κ1) is 22.2. The first-order chi connectivity index (χ1) is 14.7. The van der Waals surface area contributed by atoms with Crippen LogP contribution in [0, 0.1) is 0 Å². The maximum Gasteiger partial charge on any atom is 0.306 e. The lowest BCUT2D eigenvalue weighted by molar-refractivity contribution is -0.147. The molecule has 1 N–H and O–H groups in total. The molecule has 3 rings (SSSR count). The van der Waals surface area contributed by atoms with Crippen molar-refractivity contribution in [3.05, 3.63) is 65.2 Å². The molecule has 0 aliphatic carbocycles. The average molecular weight is 422 g/mol. The van der Waals surface area contributed by atoms with Crippen molar-refractivity contribution in [2.75, 3.05) is 18.5 Å². The Morgan fingerprint density at radius 2 is 1.52 bits per heavy atom. The van der Waals surface area contributed by atoms with Crippen LogP contribution in [0.4, 0.5) is 5.69 Å². The summed E-state index contributed by atoms with van der Waals surface area (Å²) in [5, 5.41) is 2.68. The van der Waals surface area contributed by atoms with Crippen molar-refractivity contribution in [2.45, 2.75) is 39.0 Å². The van der Waals surface area contributed by atoms with Crippen LogP contribution in [-0.4, -0.2) is 41.7 Å². The van der Waals surface area contributed by atoms with E-state index in [1.807, 2.05) is 24.3 Å². The molecule has 2 aromatic carbocycles. The fourth-order valence-corrected chi connectivity index (χ4v) is 3.29. The van der Waals surface area contributed by atoms with E-state index < -0.39 is 18.5 Å². The SMILES string of the molecule is CC(C)(C)c1ccc(NC(=O)COC(=O)CCCN2C(=O)c3ccccc3C2=O)cc1. The first-order valence-electron chi connectivity index (χ1n) is 10.2. The molecule has 0 fully saturated rings. The lowest BCUT2D eigenvalue weighted by atomic mass is 9.87. The quantitative estimate of drug-likeness (QED) is 0.544. The highest BCUT2D eigenvalue weighted by molar-refractivity contribution is 6.21. The van der Waals surface area contributed by atoms with Gasteiger partial charge in [-0.15, -0.1) is 0 Å². The van der Waals surface area contributed by atoms with Crippen LogP contribution in [0.15, 0.2) is 48.5 Å². The molecule has 1 aliphatic heterocycles. The van der Waals surface area contributed by atoms with Gasteiger partial charge in [0, 0.05) is 18.7 Å². The van der Waals surface area contributed by atoms with E-state index >= 15 is 0 Å². The van der Waals surface area contributed by atoms with Crippen molar-refractivity contribution in [3.8, 4) is 0 Å². The monoisotopic (exact) mass is 422 g/mol. The highest BCUT2D eigenvalue weighted by atomic mass is 16.5. The third-order valence-corrected chi connectivity index (χ3v) is 5.04. The maximum atomic E-state index is 12.3. The molecule has 7 nitrogen and oxygen atoms in total. The van der Waals surface area contributed by atoms with Gasteiger partial charge >= 0.3 is 5.97 Å². The molecular weight excluding hydrogens is 396 g/mol. The Morgan fingerprint density at radius 1 is 0.935 bits per heavy atom. The van der Waals surface area contributed by atoms with Crippen LogP contribution < -0.4 is 5.32 Å². The molecule has 3 amide bonds. The Labute approximate surface area is 181 Å². The van der Waals surface area contributed by atoms with Gasteiger partial charge in [0.2, 0.25) is 0 Å². The number of nitrogens with zero attached hydrogens (tertiary/aromatic N) is 1. The Hall–Kier alpha value is -3.48. The number of rotatable bonds is 7. The molecule has 1 aliphatic rings. The van der Waals surface area contributed by atoms with Gasteiger partial charge in [0.25, 0.3) is 17.7 Å². The standard InChI is InChI=1S/C24H26N2O5/c1-24(2,3)16-10-12-17(13-11-16)25-20(27)15-31-21(28)9-6-14-26-22(29)18-7-4-5-8-19(18)23(26)30/h4-5,7-8,10-13H,6,9,14-15H2,1-3H3,(H,25,27). The fraction of sp³-hybridized carbons (Fsp3) is 0.333. The molecule has 7 heteroatoms. The van der Waals surface area contributed by atoms with Crippen molar-refractivity contribution >= 4 is 29.4 Å². The van der Waals surface area contributed by atoms with E-state index in [9.17, 15) is 19.2 Å². The second-order valence-electron chi connectivity index (χ2n) is 8.45. The van der Waals surface area contributed by atoms with Crippen molar-refractivity contribution in [2.24, 2.45) is 0 Å².